The SMILES string of the molecule is CC1C=Cc2c(NC[C@](O)(CC(C)(C)c3cc(F)cc4c3OCC4)C(F)(F)F)cccc2N1. The Labute approximate surface area is 190 Å². The van der Waals surface area contributed by atoms with E-state index in [1.54, 1.807) is 26.0 Å². The number of anilines is 2. The van der Waals surface area contributed by atoms with E-state index in [4.69, 9.17) is 4.74 Å². The number of fused-ring (bicyclic) bond motifs is 2. The van der Waals surface area contributed by atoms with Gasteiger partial charge in [0.05, 0.1) is 13.2 Å². The number of hydrogen-bond donors (Lipinski definition) is 3. The summed E-state index contributed by atoms with van der Waals surface area (Å²) < 4.78 is 62.3. The minimum atomic E-state index is -4.91. The predicted molar refractivity (Wildman–Crippen MR) is 121 cm³/mol. The molecule has 2 aliphatic rings. The molecule has 0 amide bonds. The summed E-state index contributed by atoms with van der Waals surface area (Å²) in [5.74, 6) is -0.109. The summed E-state index contributed by atoms with van der Waals surface area (Å²) in [5.41, 5.74) is -1.29. The number of nitrogens with one attached hydrogen (secondary N) is 2. The van der Waals surface area contributed by atoms with Crippen molar-refractivity contribution in [3.8, 4) is 5.75 Å². The zero-order valence-electron chi connectivity index (χ0n) is 18.8. The molecule has 0 radical (unpaired) electrons. The summed E-state index contributed by atoms with van der Waals surface area (Å²) >= 11 is 0. The highest BCUT2D eigenvalue weighted by Crippen LogP contribution is 2.46. The van der Waals surface area contributed by atoms with Crippen LogP contribution in [-0.4, -0.2) is 36.1 Å². The molecular formula is C25H28F4N2O2. The predicted octanol–water partition coefficient (Wildman–Crippen LogP) is 5.66. The fraction of sp³-hybridized carbons (Fsp3) is 0.440. The molecule has 2 atom stereocenters. The van der Waals surface area contributed by atoms with Crippen LogP contribution >= 0.6 is 0 Å². The molecule has 0 saturated heterocycles. The van der Waals surface area contributed by atoms with E-state index in [9.17, 15) is 22.7 Å². The first-order valence-corrected chi connectivity index (χ1v) is 11.0. The molecule has 1 unspecified atom stereocenters. The Morgan fingerprint density at radius 2 is 1.97 bits per heavy atom. The zero-order valence-corrected chi connectivity index (χ0v) is 18.8. The van der Waals surface area contributed by atoms with Gasteiger partial charge in [0.2, 0.25) is 0 Å². The topological polar surface area (TPSA) is 53.5 Å². The lowest BCUT2D eigenvalue weighted by atomic mass is 9.74. The summed E-state index contributed by atoms with van der Waals surface area (Å²) in [5, 5.41) is 17.0. The molecule has 2 heterocycles. The van der Waals surface area contributed by atoms with E-state index in [1.165, 1.54) is 12.1 Å². The van der Waals surface area contributed by atoms with Gasteiger partial charge in [0.15, 0.2) is 5.60 Å². The number of rotatable bonds is 6. The minimum absolute atomic E-state index is 0.107. The smallest absolute Gasteiger partial charge is 0.418 e. The third-order valence-electron chi connectivity index (χ3n) is 6.35. The zero-order chi connectivity index (χ0) is 24.0. The van der Waals surface area contributed by atoms with Crippen LogP contribution in [0.25, 0.3) is 6.08 Å². The molecule has 2 aromatic rings. The normalized spacial score (nSPS) is 19.2. The van der Waals surface area contributed by atoms with Gasteiger partial charge >= 0.3 is 6.18 Å². The largest absolute Gasteiger partial charge is 0.493 e. The molecular weight excluding hydrogens is 436 g/mol. The molecule has 3 N–H and O–H groups in total. The average Bonchev–Trinajstić information content (AvgIpc) is 3.18. The van der Waals surface area contributed by atoms with E-state index in [1.807, 2.05) is 25.1 Å². The molecule has 0 aliphatic carbocycles. The molecule has 0 aromatic heterocycles. The average molecular weight is 465 g/mol. The van der Waals surface area contributed by atoms with Gasteiger partial charge in [-0.1, -0.05) is 32.1 Å². The number of alkyl halides is 3. The summed E-state index contributed by atoms with van der Waals surface area (Å²) in [4.78, 5) is 0. The molecule has 0 fully saturated rings. The third-order valence-corrected chi connectivity index (χ3v) is 6.35. The van der Waals surface area contributed by atoms with Gasteiger partial charge in [-0.2, -0.15) is 13.2 Å². The van der Waals surface area contributed by atoms with Gasteiger partial charge in [-0.15, -0.1) is 0 Å². The standard InChI is InChI=1S/C25H28F4N2O2/c1-15-7-8-18-20(5-4-6-21(18)31-15)30-14-24(32,25(27,28)29)13-23(2,3)19-12-17(26)11-16-9-10-33-22(16)19/h4-8,11-12,15,30-32H,9-10,13-14H2,1-3H3/t15?,24-/m1/s1. The fourth-order valence-corrected chi connectivity index (χ4v) is 4.66. The second-order valence-corrected chi connectivity index (χ2v) is 9.54. The van der Waals surface area contributed by atoms with Crippen LogP contribution in [0.15, 0.2) is 36.4 Å². The summed E-state index contributed by atoms with van der Waals surface area (Å²) in [6.45, 7) is 4.71. The van der Waals surface area contributed by atoms with Crippen molar-refractivity contribution in [1.82, 2.24) is 0 Å². The summed E-state index contributed by atoms with van der Waals surface area (Å²) in [6, 6.07) is 7.93. The Hall–Kier alpha value is -2.74. The highest BCUT2D eigenvalue weighted by Gasteiger charge is 2.56. The van der Waals surface area contributed by atoms with Gasteiger partial charge in [-0.3, -0.25) is 0 Å². The first kappa shape index (κ1) is 23.4. The van der Waals surface area contributed by atoms with E-state index < -0.39 is 36.0 Å². The van der Waals surface area contributed by atoms with Crippen molar-refractivity contribution in [3.63, 3.8) is 0 Å². The lowest BCUT2D eigenvalue weighted by Gasteiger charge is -2.38. The number of hydrogen-bond acceptors (Lipinski definition) is 4. The van der Waals surface area contributed by atoms with Crippen LogP contribution in [0.2, 0.25) is 0 Å². The van der Waals surface area contributed by atoms with Crippen molar-refractivity contribution in [3.05, 3.63) is 58.9 Å². The van der Waals surface area contributed by atoms with Gasteiger partial charge in [-0.05, 0) is 43.0 Å². The maximum atomic E-state index is 14.2. The maximum absolute atomic E-state index is 14.2. The van der Waals surface area contributed by atoms with Gasteiger partial charge in [0.1, 0.15) is 11.6 Å². The van der Waals surface area contributed by atoms with E-state index in [0.29, 0.717) is 35.6 Å². The number of benzene rings is 2. The first-order chi connectivity index (χ1) is 15.4. The molecule has 0 spiro atoms. The first-order valence-electron chi connectivity index (χ1n) is 11.0. The maximum Gasteiger partial charge on any atom is 0.418 e. The Morgan fingerprint density at radius 3 is 2.70 bits per heavy atom. The fourth-order valence-electron chi connectivity index (χ4n) is 4.66. The Bertz CT molecular complexity index is 1080. The van der Waals surface area contributed by atoms with Crippen LogP contribution in [-0.2, 0) is 11.8 Å². The quantitative estimate of drug-likeness (QED) is 0.483. The van der Waals surface area contributed by atoms with Crippen molar-refractivity contribution < 1.29 is 27.4 Å². The van der Waals surface area contributed by atoms with Crippen molar-refractivity contribution in [2.24, 2.45) is 0 Å². The van der Waals surface area contributed by atoms with Crippen molar-refractivity contribution in [2.45, 2.75) is 56.8 Å². The van der Waals surface area contributed by atoms with Crippen LogP contribution in [0.1, 0.15) is 43.9 Å². The Balaban J connectivity index is 1.62. The molecule has 8 heteroatoms. The molecule has 4 rings (SSSR count). The van der Waals surface area contributed by atoms with E-state index >= 15 is 0 Å². The highest BCUT2D eigenvalue weighted by atomic mass is 19.4. The van der Waals surface area contributed by atoms with Crippen LogP contribution in [0.4, 0.5) is 28.9 Å². The van der Waals surface area contributed by atoms with E-state index in [-0.39, 0.29) is 6.04 Å². The molecule has 33 heavy (non-hydrogen) atoms. The van der Waals surface area contributed by atoms with Crippen LogP contribution in [0.5, 0.6) is 5.75 Å². The second-order valence-electron chi connectivity index (χ2n) is 9.54. The van der Waals surface area contributed by atoms with Crippen LogP contribution in [0, 0.1) is 5.82 Å². The summed E-state index contributed by atoms with van der Waals surface area (Å²) in [7, 11) is 0. The van der Waals surface area contributed by atoms with Gasteiger partial charge < -0.3 is 20.5 Å². The Kier molecular flexibility index (Phi) is 5.85. The van der Waals surface area contributed by atoms with Crippen molar-refractivity contribution in [1.29, 1.82) is 0 Å². The second kappa shape index (κ2) is 8.24. The van der Waals surface area contributed by atoms with E-state index in [0.717, 1.165) is 11.3 Å². The lowest BCUT2D eigenvalue weighted by Crippen LogP contribution is -2.53. The van der Waals surface area contributed by atoms with Gasteiger partial charge in [0.25, 0.3) is 0 Å². The molecule has 4 nitrogen and oxygen atoms in total. The van der Waals surface area contributed by atoms with Crippen LogP contribution < -0.4 is 15.4 Å². The Morgan fingerprint density at radius 1 is 1.21 bits per heavy atom. The van der Waals surface area contributed by atoms with Gasteiger partial charge in [-0.25, -0.2) is 4.39 Å². The van der Waals surface area contributed by atoms with Crippen molar-refractivity contribution >= 4 is 17.5 Å². The third kappa shape index (κ3) is 4.53. The minimum Gasteiger partial charge on any atom is -0.493 e. The molecule has 0 saturated carbocycles. The van der Waals surface area contributed by atoms with Crippen molar-refractivity contribution in [2.75, 3.05) is 23.8 Å². The highest BCUT2D eigenvalue weighted by molar-refractivity contribution is 5.80. The summed E-state index contributed by atoms with van der Waals surface area (Å²) in [6.07, 6.45) is -1.32. The molecule has 178 valence electrons. The van der Waals surface area contributed by atoms with Crippen LogP contribution in [0.3, 0.4) is 0 Å². The number of ether oxygens (including phenoxy) is 1. The lowest BCUT2D eigenvalue weighted by molar-refractivity contribution is -0.260. The van der Waals surface area contributed by atoms with E-state index in [2.05, 4.69) is 10.6 Å². The molecule has 2 aromatic carbocycles. The van der Waals surface area contributed by atoms with Gasteiger partial charge in [0, 0.05) is 40.5 Å². The molecule has 0 bridgehead atoms. The molecule has 2 aliphatic heterocycles. The monoisotopic (exact) mass is 464 g/mol. The number of halogens is 4. The number of aliphatic hydroxyl groups is 1.